The first kappa shape index (κ1) is 24.4. The van der Waals surface area contributed by atoms with Crippen molar-refractivity contribution in [3.05, 3.63) is 92.4 Å². The Kier molecular flexibility index (Phi) is 8.53. The van der Waals surface area contributed by atoms with Crippen molar-refractivity contribution in [1.29, 1.82) is 5.26 Å². The van der Waals surface area contributed by atoms with Crippen molar-refractivity contribution < 1.29 is 14.3 Å². The number of aryl methyl sites for hydroxylation is 1. The number of methoxy groups -OCH3 is 1. The van der Waals surface area contributed by atoms with Crippen molar-refractivity contribution in [2.24, 2.45) is 0 Å². The van der Waals surface area contributed by atoms with E-state index in [1.165, 1.54) is 13.2 Å². The normalized spacial score (nSPS) is 10.9. The maximum absolute atomic E-state index is 12.7. The van der Waals surface area contributed by atoms with Gasteiger partial charge < -0.3 is 14.8 Å². The number of amides is 1. The molecule has 0 aliphatic rings. The van der Waals surface area contributed by atoms with Gasteiger partial charge in [0.25, 0.3) is 5.91 Å². The van der Waals surface area contributed by atoms with Gasteiger partial charge in [0, 0.05) is 10.7 Å². The second-order valence-corrected chi connectivity index (χ2v) is 8.38. The number of carbonyl (C=O) groups excluding carboxylic acids is 1. The highest BCUT2D eigenvalue weighted by atomic mass is 79.9. The van der Waals surface area contributed by atoms with Crippen molar-refractivity contribution in [2.75, 3.05) is 12.4 Å². The summed E-state index contributed by atoms with van der Waals surface area (Å²) in [5.74, 6) is 0.496. The number of halogens is 2. The molecule has 0 saturated heterocycles. The Labute approximate surface area is 206 Å². The van der Waals surface area contributed by atoms with Gasteiger partial charge in [0.2, 0.25) is 0 Å². The first-order valence-corrected chi connectivity index (χ1v) is 11.4. The molecule has 0 aliphatic heterocycles. The number of benzene rings is 3. The molecule has 3 aromatic rings. The topological polar surface area (TPSA) is 71.4 Å². The second-order valence-electron chi connectivity index (χ2n) is 7.09. The zero-order chi connectivity index (χ0) is 23.8. The molecule has 0 bridgehead atoms. The molecule has 0 saturated carbocycles. The average molecular weight is 526 g/mol. The summed E-state index contributed by atoms with van der Waals surface area (Å²) in [7, 11) is 1.53. The number of nitriles is 1. The highest BCUT2D eigenvalue weighted by Gasteiger charge is 2.15. The molecule has 0 aromatic heterocycles. The largest absolute Gasteiger partial charge is 0.493 e. The van der Waals surface area contributed by atoms with Crippen LogP contribution in [-0.4, -0.2) is 13.0 Å². The number of para-hydroxylation sites is 1. The Hall–Kier alpha value is -3.27. The van der Waals surface area contributed by atoms with Crippen LogP contribution in [0.4, 0.5) is 5.69 Å². The number of ether oxygens (including phenoxy) is 2. The molecular weight excluding hydrogens is 504 g/mol. The molecule has 1 amide bonds. The van der Waals surface area contributed by atoms with Crippen molar-refractivity contribution >= 4 is 45.2 Å². The van der Waals surface area contributed by atoms with Crippen LogP contribution in [0.2, 0.25) is 5.02 Å². The van der Waals surface area contributed by atoms with Gasteiger partial charge >= 0.3 is 0 Å². The predicted octanol–water partition coefficient (Wildman–Crippen LogP) is 6.80. The molecule has 0 heterocycles. The fourth-order valence-electron chi connectivity index (χ4n) is 3.20. The Bertz CT molecular complexity index is 1230. The van der Waals surface area contributed by atoms with Gasteiger partial charge in [-0.1, -0.05) is 48.9 Å². The Morgan fingerprint density at radius 2 is 1.97 bits per heavy atom. The van der Waals surface area contributed by atoms with E-state index in [1.807, 2.05) is 55.5 Å². The fourth-order valence-corrected chi connectivity index (χ4v) is 3.99. The summed E-state index contributed by atoms with van der Waals surface area (Å²) in [5, 5.41) is 13.0. The lowest BCUT2D eigenvalue weighted by molar-refractivity contribution is -0.112. The van der Waals surface area contributed by atoms with Gasteiger partial charge in [-0.2, -0.15) is 5.26 Å². The van der Waals surface area contributed by atoms with Crippen molar-refractivity contribution in [2.45, 2.75) is 20.0 Å². The van der Waals surface area contributed by atoms with Crippen LogP contribution >= 0.6 is 27.5 Å². The van der Waals surface area contributed by atoms with E-state index >= 15 is 0 Å². The zero-order valence-corrected chi connectivity index (χ0v) is 20.5. The number of nitrogens with zero attached hydrogens (tertiary/aromatic N) is 1. The van der Waals surface area contributed by atoms with Crippen LogP contribution < -0.4 is 14.8 Å². The maximum atomic E-state index is 12.7. The monoisotopic (exact) mass is 524 g/mol. The van der Waals surface area contributed by atoms with E-state index < -0.39 is 5.91 Å². The summed E-state index contributed by atoms with van der Waals surface area (Å²) in [6, 6.07) is 20.4. The number of carbonyl (C=O) groups is 1. The van der Waals surface area contributed by atoms with E-state index in [4.69, 9.17) is 21.1 Å². The minimum absolute atomic E-state index is 0.0255. The number of hydrogen-bond donors (Lipinski definition) is 1. The van der Waals surface area contributed by atoms with Gasteiger partial charge in [-0.05, 0) is 75.4 Å². The van der Waals surface area contributed by atoms with Crippen LogP contribution in [0, 0.1) is 11.3 Å². The van der Waals surface area contributed by atoms with Crippen LogP contribution in [0.3, 0.4) is 0 Å². The standard InChI is InChI=1S/C26H22BrClN2O3/c1-3-19-8-4-5-10-23(19)30-26(31)20(15-29)11-18-13-22(27)25(24(14-18)32-2)33-16-17-7-6-9-21(28)12-17/h4-14H,3,16H2,1-2H3,(H,30,31)/b20-11+. The first-order valence-electron chi connectivity index (χ1n) is 10.2. The molecule has 0 radical (unpaired) electrons. The Morgan fingerprint density at radius 3 is 2.67 bits per heavy atom. The summed E-state index contributed by atoms with van der Waals surface area (Å²) in [5.41, 5.74) is 3.19. The van der Waals surface area contributed by atoms with E-state index in [0.29, 0.717) is 38.9 Å². The summed E-state index contributed by atoms with van der Waals surface area (Å²) in [6.07, 6.45) is 2.28. The highest BCUT2D eigenvalue weighted by molar-refractivity contribution is 9.10. The van der Waals surface area contributed by atoms with E-state index in [-0.39, 0.29) is 5.57 Å². The molecule has 0 unspecified atom stereocenters. The number of nitrogens with one attached hydrogen (secondary N) is 1. The Morgan fingerprint density at radius 1 is 1.18 bits per heavy atom. The molecule has 3 aromatic carbocycles. The molecule has 7 heteroatoms. The van der Waals surface area contributed by atoms with Crippen molar-refractivity contribution in [3.8, 4) is 17.6 Å². The molecule has 0 aliphatic carbocycles. The second kappa shape index (κ2) is 11.6. The quantitative estimate of drug-likeness (QED) is 0.259. The molecule has 3 rings (SSSR count). The third kappa shape index (κ3) is 6.38. The molecule has 0 atom stereocenters. The summed E-state index contributed by atoms with van der Waals surface area (Å²) >= 11 is 9.54. The Balaban J connectivity index is 1.83. The fraction of sp³-hybridized carbons (Fsp3) is 0.154. The van der Waals surface area contributed by atoms with E-state index in [2.05, 4.69) is 21.2 Å². The van der Waals surface area contributed by atoms with Crippen LogP contribution in [-0.2, 0) is 17.8 Å². The maximum Gasteiger partial charge on any atom is 0.266 e. The minimum Gasteiger partial charge on any atom is -0.493 e. The van der Waals surface area contributed by atoms with Gasteiger partial charge in [0.15, 0.2) is 11.5 Å². The summed E-state index contributed by atoms with van der Waals surface area (Å²) in [6.45, 7) is 2.30. The number of hydrogen-bond acceptors (Lipinski definition) is 4. The SMILES string of the molecule is CCc1ccccc1NC(=O)/C(C#N)=C/c1cc(Br)c(OCc2cccc(Cl)c2)c(OC)c1. The van der Waals surface area contributed by atoms with Gasteiger partial charge in [0.05, 0.1) is 11.6 Å². The van der Waals surface area contributed by atoms with Gasteiger partial charge in [-0.3, -0.25) is 4.79 Å². The minimum atomic E-state index is -0.477. The zero-order valence-electron chi connectivity index (χ0n) is 18.2. The van der Waals surface area contributed by atoms with Gasteiger partial charge in [-0.15, -0.1) is 0 Å². The lowest BCUT2D eigenvalue weighted by Crippen LogP contribution is -2.14. The lowest BCUT2D eigenvalue weighted by atomic mass is 10.1. The van der Waals surface area contributed by atoms with Crippen LogP contribution in [0.15, 0.2) is 70.7 Å². The molecule has 5 nitrogen and oxygen atoms in total. The molecule has 33 heavy (non-hydrogen) atoms. The molecule has 1 N–H and O–H groups in total. The van der Waals surface area contributed by atoms with E-state index in [9.17, 15) is 10.1 Å². The van der Waals surface area contributed by atoms with E-state index in [1.54, 1.807) is 18.2 Å². The lowest BCUT2D eigenvalue weighted by Gasteiger charge is -2.14. The van der Waals surface area contributed by atoms with Crippen LogP contribution in [0.5, 0.6) is 11.5 Å². The molecule has 0 spiro atoms. The highest BCUT2D eigenvalue weighted by Crippen LogP contribution is 2.38. The third-order valence-corrected chi connectivity index (χ3v) is 5.67. The molecule has 168 valence electrons. The third-order valence-electron chi connectivity index (χ3n) is 4.85. The predicted molar refractivity (Wildman–Crippen MR) is 135 cm³/mol. The van der Waals surface area contributed by atoms with Crippen LogP contribution in [0.25, 0.3) is 6.08 Å². The summed E-state index contributed by atoms with van der Waals surface area (Å²) in [4.78, 5) is 12.7. The smallest absolute Gasteiger partial charge is 0.266 e. The van der Waals surface area contributed by atoms with Crippen molar-refractivity contribution in [1.82, 2.24) is 0 Å². The van der Waals surface area contributed by atoms with Gasteiger partial charge in [0.1, 0.15) is 18.2 Å². The average Bonchev–Trinajstić information content (AvgIpc) is 2.81. The van der Waals surface area contributed by atoms with Gasteiger partial charge in [-0.25, -0.2) is 0 Å². The molecule has 0 fully saturated rings. The number of rotatable bonds is 8. The van der Waals surface area contributed by atoms with Crippen molar-refractivity contribution in [3.63, 3.8) is 0 Å². The number of anilines is 1. The van der Waals surface area contributed by atoms with E-state index in [0.717, 1.165) is 17.5 Å². The summed E-state index contributed by atoms with van der Waals surface area (Å²) < 4.78 is 12.1. The molecular formula is C26H22BrClN2O3. The first-order chi connectivity index (χ1) is 15.9. The van der Waals surface area contributed by atoms with Crippen LogP contribution in [0.1, 0.15) is 23.6 Å².